The second-order valence-corrected chi connectivity index (χ2v) is 9.87. The topological polar surface area (TPSA) is 91.7 Å². The predicted octanol–water partition coefficient (Wildman–Crippen LogP) is 2.53. The number of benzene rings is 1. The summed E-state index contributed by atoms with van der Waals surface area (Å²) in [6, 6.07) is 1.87. The van der Waals surface area contributed by atoms with Crippen LogP contribution < -0.4 is 10.6 Å². The van der Waals surface area contributed by atoms with Crippen molar-refractivity contribution in [3.63, 3.8) is 0 Å². The van der Waals surface area contributed by atoms with Crippen molar-refractivity contribution < 1.29 is 18.8 Å². The Hall–Kier alpha value is -2.83. The summed E-state index contributed by atoms with van der Waals surface area (Å²) in [7, 11) is 0. The smallest absolute Gasteiger partial charge is 0.245 e. The quantitative estimate of drug-likeness (QED) is 0.769. The van der Waals surface area contributed by atoms with Crippen LogP contribution >= 0.6 is 0 Å². The van der Waals surface area contributed by atoms with E-state index in [2.05, 4.69) is 30.5 Å². The fourth-order valence-electron chi connectivity index (χ4n) is 5.98. The van der Waals surface area contributed by atoms with E-state index in [1.54, 1.807) is 6.26 Å². The van der Waals surface area contributed by atoms with Gasteiger partial charge in [-0.1, -0.05) is 6.07 Å². The Morgan fingerprint density at radius 3 is 2.50 bits per heavy atom. The standard InChI is InChI=1S/C25H31N3O4/c1-13-8-14(2)22-18(12-32-24(22)15(13)3)9-21(30)27-23-16-4-5-17(23)11-28(10-16)25(31)19-6-7-20(29)26-19/h8,12,16-17,19,23H,4-7,9-11H2,1-3H3,(H,26,29)(H,27,30)/t16-,17+,19?,23?. The Kier molecular flexibility index (Phi) is 5.22. The van der Waals surface area contributed by atoms with E-state index in [4.69, 9.17) is 4.42 Å². The molecule has 4 atom stereocenters. The number of fused-ring (bicyclic) bond motifs is 3. The molecule has 1 aromatic carbocycles. The van der Waals surface area contributed by atoms with Crippen molar-refractivity contribution in [2.75, 3.05) is 13.1 Å². The number of hydrogen-bond acceptors (Lipinski definition) is 4. The van der Waals surface area contributed by atoms with Crippen molar-refractivity contribution >= 4 is 28.7 Å². The zero-order valence-electron chi connectivity index (χ0n) is 19.0. The molecule has 2 bridgehead atoms. The van der Waals surface area contributed by atoms with E-state index < -0.39 is 0 Å². The molecule has 32 heavy (non-hydrogen) atoms. The van der Waals surface area contributed by atoms with E-state index in [0.29, 0.717) is 32.4 Å². The molecule has 0 spiro atoms. The third-order valence-corrected chi connectivity index (χ3v) is 7.74. The molecule has 1 aliphatic carbocycles. The van der Waals surface area contributed by atoms with Gasteiger partial charge in [-0.2, -0.15) is 0 Å². The van der Waals surface area contributed by atoms with Gasteiger partial charge in [0.15, 0.2) is 0 Å². The Labute approximate surface area is 187 Å². The van der Waals surface area contributed by atoms with Gasteiger partial charge < -0.3 is 20.0 Å². The zero-order chi connectivity index (χ0) is 22.6. The summed E-state index contributed by atoms with van der Waals surface area (Å²) >= 11 is 0. The summed E-state index contributed by atoms with van der Waals surface area (Å²) in [5.74, 6) is 0.539. The Morgan fingerprint density at radius 1 is 1.12 bits per heavy atom. The van der Waals surface area contributed by atoms with E-state index in [1.807, 2.05) is 11.8 Å². The number of piperidine rings is 1. The highest BCUT2D eigenvalue weighted by Crippen LogP contribution is 2.38. The molecule has 3 fully saturated rings. The van der Waals surface area contributed by atoms with Crippen molar-refractivity contribution in [3.05, 3.63) is 34.6 Å². The largest absolute Gasteiger partial charge is 0.464 e. The second-order valence-electron chi connectivity index (χ2n) is 9.87. The van der Waals surface area contributed by atoms with E-state index in [1.165, 1.54) is 5.56 Å². The molecule has 0 radical (unpaired) electrons. The Balaban J connectivity index is 1.25. The minimum atomic E-state index is -0.377. The van der Waals surface area contributed by atoms with Crippen LogP contribution in [0.2, 0.25) is 0 Å². The number of nitrogens with zero attached hydrogens (tertiary/aromatic N) is 1. The number of carbonyl (C=O) groups excluding carboxylic acids is 3. The maximum atomic E-state index is 13.0. The van der Waals surface area contributed by atoms with Gasteiger partial charge >= 0.3 is 0 Å². The summed E-state index contributed by atoms with van der Waals surface area (Å²) in [6.07, 6.45) is 5.06. The number of amides is 3. The number of furan rings is 1. The van der Waals surface area contributed by atoms with Crippen molar-refractivity contribution in [1.82, 2.24) is 15.5 Å². The van der Waals surface area contributed by atoms with Gasteiger partial charge in [0.1, 0.15) is 11.6 Å². The molecular weight excluding hydrogens is 406 g/mol. The Bertz CT molecular complexity index is 1090. The highest BCUT2D eigenvalue weighted by Gasteiger charge is 2.45. The van der Waals surface area contributed by atoms with Crippen LogP contribution in [0.4, 0.5) is 0 Å². The normalized spacial score (nSPS) is 27.1. The third-order valence-electron chi connectivity index (χ3n) is 7.74. The fraction of sp³-hybridized carbons (Fsp3) is 0.560. The lowest BCUT2D eigenvalue weighted by Gasteiger charge is -2.39. The highest BCUT2D eigenvalue weighted by molar-refractivity contribution is 5.92. The first kappa shape index (κ1) is 21.0. The monoisotopic (exact) mass is 437 g/mol. The molecule has 7 heteroatoms. The van der Waals surface area contributed by atoms with Gasteiger partial charge in [0.25, 0.3) is 0 Å². The molecule has 1 saturated carbocycles. The van der Waals surface area contributed by atoms with Crippen LogP contribution in [0, 0.1) is 32.6 Å². The number of hydrogen-bond donors (Lipinski definition) is 2. The fourth-order valence-corrected chi connectivity index (χ4v) is 5.98. The van der Waals surface area contributed by atoms with E-state index >= 15 is 0 Å². The lowest BCUT2D eigenvalue weighted by molar-refractivity contribution is -0.137. The van der Waals surface area contributed by atoms with Crippen LogP contribution in [0.5, 0.6) is 0 Å². The van der Waals surface area contributed by atoms with E-state index in [-0.39, 0.29) is 41.6 Å². The van der Waals surface area contributed by atoms with Crippen molar-refractivity contribution in [1.29, 1.82) is 0 Å². The molecule has 7 nitrogen and oxygen atoms in total. The molecule has 1 aromatic heterocycles. The first-order valence-electron chi connectivity index (χ1n) is 11.7. The summed E-state index contributed by atoms with van der Waals surface area (Å²) in [6.45, 7) is 7.49. The summed E-state index contributed by atoms with van der Waals surface area (Å²) in [5, 5.41) is 7.11. The zero-order valence-corrected chi connectivity index (χ0v) is 19.0. The number of aryl methyl sites for hydroxylation is 3. The van der Waals surface area contributed by atoms with Crippen LogP contribution in [0.1, 0.15) is 47.9 Å². The molecule has 2 aliphatic heterocycles. The Morgan fingerprint density at radius 2 is 1.84 bits per heavy atom. The van der Waals surface area contributed by atoms with Gasteiger partial charge in [-0.3, -0.25) is 14.4 Å². The van der Waals surface area contributed by atoms with Crippen LogP contribution in [-0.4, -0.2) is 47.8 Å². The lowest BCUT2D eigenvalue weighted by atomic mass is 9.91. The number of nitrogens with one attached hydrogen (secondary N) is 2. The molecule has 3 heterocycles. The molecule has 2 N–H and O–H groups in total. The molecule has 2 aromatic rings. The molecule has 3 amide bonds. The molecule has 170 valence electrons. The maximum absolute atomic E-state index is 13.0. The molecule has 3 aliphatic rings. The van der Waals surface area contributed by atoms with Gasteiger partial charge in [0.05, 0.1) is 12.7 Å². The predicted molar refractivity (Wildman–Crippen MR) is 120 cm³/mol. The van der Waals surface area contributed by atoms with Gasteiger partial charge in [-0.05, 0) is 68.6 Å². The first-order valence-corrected chi connectivity index (χ1v) is 11.7. The number of rotatable bonds is 4. The third kappa shape index (κ3) is 3.57. The van der Waals surface area contributed by atoms with E-state index in [9.17, 15) is 14.4 Å². The number of carbonyl (C=O) groups is 3. The summed E-state index contributed by atoms with van der Waals surface area (Å²) < 4.78 is 5.83. The minimum absolute atomic E-state index is 0.00932. The van der Waals surface area contributed by atoms with Crippen LogP contribution in [0.25, 0.3) is 11.0 Å². The molecule has 2 saturated heterocycles. The van der Waals surface area contributed by atoms with Crippen molar-refractivity contribution in [2.24, 2.45) is 11.8 Å². The summed E-state index contributed by atoms with van der Waals surface area (Å²) in [5.41, 5.74) is 5.23. The molecular formula is C25H31N3O4. The molecule has 2 unspecified atom stereocenters. The van der Waals surface area contributed by atoms with Crippen molar-refractivity contribution in [3.8, 4) is 0 Å². The molecule has 5 rings (SSSR count). The van der Waals surface area contributed by atoms with Gasteiger partial charge in [-0.25, -0.2) is 0 Å². The van der Waals surface area contributed by atoms with Gasteiger partial charge in [0, 0.05) is 36.5 Å². The lowest BCUT2D eigenvalue weighted by Crippen LogP contribution is -2.56. The van der Waals surface area contributed by atoms with Crippen LogP contribution in [-0.2, 0) is 20.8 Å². The van der Waals surface area contributed by atoms with Crippen LogP contribution in [0.3, 0.4) is 0 Å². The highest BCUT2D eigenvalue weighted by atomic mass is 16.3. The van der Waals surface area contributed by atoms with Crippen molar-refractivity contribution in [2.45, 2.75) is 65.0 Å². The summed E-state index contributed by atoms with van der Waals surface area (Å²) in [4.78, 5) is 39.2. The van der Waals surface area contributed by atoms with Gasteiger partial charge in [0.2, 0.25) is 17.7 Å². The maximum Gasteiger partial charge on any atom is 0.245 e. The SMILES string of the molecule is Cc1cc(C)c2c(CC(=O)NC3[C@@H]4CC[C@H]3CN(C(=O)C3CCC(=O)N3)C4)coc2c1C. The van der Waals surface area contributed by atoms with Gasteiger partial charge in [-0.15, -0.1) is 0 Å². The average Bonchev–Trinajstić information content (AvgIpc) is 3.42. The first-order chi connectivity index (χ1) is 15.3. The minimum Gasteiger partial charge on any atom is -0.464 e. The second kappa shape index (κ2) is 7.94. The van der Waals surface area contributed by atoms with E-state index in [0.717, 1.165) is 40.5 Å². The average molecular weight is 438 g/mol. The number of likely N-dealkylation sites (tertiary alicyclic amines) is 1. The van der Waals surface area contributed by atoms with Crippen LogP contribution in [0.15, 0.2) is 16.7 Å².